The standard InChI is InChI=1S/C58H50N2/c1-10-27-57(28-11-1)51-19-6-2-15-45(51)47-25-23-44(36-54(47)57)59(41-13-12-14-42(34-41)60-55-21-8-4-17-48(55)49-18-5-9-22-56(49)60)43-24-26-53-50(35-43)46-16-3-7-20-52(46)58(53)39-30-37-29-38(32-39)33-40(58)31-37/h2-9,12-26,34-40H,1,10-11,27-33H2. The molecule has 0 unspecified atom stereocenters. The van der Waals surface area contributed by atoms with Gasteiger partial charge in [0.25, 0.3) is 0 Å². The van der Waals surface area contributed by atoms with Crippen LogP contribution < -0.4 is 4.90 Å². The normalized spacial score (nSPS) is 24.9. The predicted molar refractivity (Wildman–Crippen MR) is 248 cm³/mol. The van der Waals surface area contributed by atoms with Gasteiger partial charge in [-0.05, 0) is 168 Å². The SMILES string of the molecule is c1cc(N(c2ccc3c(c2)-c2ccccc2C32C3CC4CC(C3)CC2C4)c2ccc3c(c2)C2(CCCCC2)c2ccccc2-3)cc(-n2c3ccccc3c3ccccc32)c1. The molecule has 7 aromatic carbocycles. The minimum atomic E-state index is 0.0827. The molecule has 0 atom stereocenters. The fourth-order valence-electron chi connectivity index (χ4n) is 15.0. The lowest BCUT2D eigenvalue weighted by molar-refractivity contribution is -0.0399. The number of hydrogen-bond acceptors (Lipinski definition) is 1. The molecule has 5 saturated carbocycles. The van der Waals surface area contributed by atoms with E-state index in [1.165, 1.54) is 137 Å². The summed E-state index contributed by atoms with van der Waals surface area (Å²) in [6.45, 7) is 0. The molecule has 0 radical (unpaired) electrons. The summed E-state index contributed by atoms with van der Waals surface area (Å²) >= 11 is 0. The van der Waals surface area contributed by atoms with Crippen molar-refractivity contribution in [2.75, 3.05) is 4.90 Å². The second kappa shape index (κ2) is 12.4. The number of aromatic nitrogens is 1. The molecule has 15 rings (SSSR count). The Balaban J connectivity index is 0.989. The molecule has 8 aromatic rings. The van der Waals surface area contributed by atoms with E-state index in [4.69, 9.17) is 0 Å². The van der Waals surface area contributed by atoms with Crippen molar-refractivity contribution in [1.82, 2.24) is 4.57 Å². The Morgan fingerprint density at radius 2 is 0.983 bits per heavy atom. The van der Waals surface area contributed by atoms with E-state index in [9.17, 15) is 0 Å². The van der Waals surface area contributed by atoms with Crippen molar-refractivity contribution in [2.24, 2.45) is 23.7 Å². The molecule has 292 valence electrons. The van der Waals surface area contributed by atoms with Crippen molar-refractivity contribution in [3.8, 4) is 27.9 Å². The Kier molecular flexibility index (Phi) is 6.98. The minimum Gasteiger partial charge on any atom is -0.310 e. The quantitative estimate of drug-likeness (QED) is 0.173. The third-order valence-corrected chi connectivity index (χ3v) is 16.9. The average Bonchev–Trinajstić information content (AvgIpc) is 3.88. The highest BCUT2D eigenvalue weighted by atomic mass is 15.1. The van der Waals surface area contributed by atoms with Crippen molar-refractivity contribution in [3.05, 3.63) is 180 Å². The van der Waals surface area contributed by atoms with Gasteiger partial charge >= 0.3 is 0 Å². The van der Waals surface area contributed by atoms with Crippen molar-refractivity contribution in [2.45, 2.75) is 75.0 Å². The van der Waals surface area contributed by atoms with Gasteiger partial charge in [-0.3, -0.25) is 0 Å². The van der Waals surface area contributed by atoms with E-state index in [0.29, 0.717) is 0 Å². The Labute approximate surface area is 353 Å². The summed E-state index contributed by atoms with van der Waals surface area (Å²) in [5.74, 6) is 3.38. The van der Waals surface area contributed by atoms with Crippen molar-refractivity contribution in [1.29, 1.82) is 0 Å². The fraction of sp³-hybridized carbons (Fsp3) is 0.276. The molecule has 5 fully saturated rings. The van der Waals surface area contributed by atoms with Crippen molar-refractivity contribution >= 4 is 38.9 Å². The van der Waals surface area contributed by atoms with Gasteiger partial charge in [0.15, 0.2) is 0 Å². The molecule has 0 aliphatic heterocycles. The fourth-order valence-corrected chi connectivity index (χ4v) is 15.0. The van der Waals surface area contributed by atoms with E-state index >= 15 is 0 Å². The third-order valence-electron chi connectivity index (χ3n) is 16.9. The molecule has 0 N–H and O–H groups in total. The Morgan fingerprint density at radius 3 is 1.72 bits per heavy atom. The van der Waals surface area contributed by atoms with Crippen LogP contribution in [-0.2, 0) is 10.8 Å². The van der Waals surface area contributed by atoms with Crippen LogP contribution in [0.4, 0.5) is 17.1 Å². The van der Waals surface area contributed by atoms with Crippen molar-refractivity contribution in [3.63, 3.8) is 0 Å². The molecule has 7 aliphatic rings. The molecule has 1 heterocycles. The van der Waals surface area contributed by atoms with Gasteiger partial charge < -0.3 is 9.47 Å². The van der Waals surface area contributed by atoms with Gasteiger partial charge in [0.05, 0.1) is 11.0 Å². The molecule has 7 aliphatic carbocycles. The van der Waals surface area contributed by atoms with Gasteiger partial charge in [0.2, 0.25) is 0 Å². The second-order valence-corrected chi connectivity index (χ2v) is 19.6. The van der Waals surface area contributed by atoms with E-state index in [2.05, 4.69) is 167 Å². The van der Waals surface area contributed by atoms with E-state index in [-0.39, 0.29) is 10.8 Å². The maximum absolute atomic E-state index is 2.61. The molecular weight excluding hydrogens is 725 g/mol. The monoisotopic (exact) mass is 774 g/mol. The molecule has 2 heteroatoms. The number of hydrogen-bond donors (Lipinski definition) is 0. The number of fused-ring (bicyclic) bond motifs is 11. The molecular formula is C58H50N2. The van der Waals surface area contributed by atoms with E-state index in [0.717, 1.165) is 23.7 Å². The van der Waals surface area contributed by atoms with E-state index < -0.39 is 0 Å². The topological polar surface area (TPSA) is 8.17 Å². The number of nitrogens with zero attached hydrogens (tertiary/aromatic N) is 2. The summed E-state index contributed by atoms with van der Waals surface area (Å²) in [6.07, 6.45) is 13.5. The van der Waals surface area contributed by atoms with Crippen LogP contribution in [0, 0.1) is 23.7 Å². The maximum atomic E-state index is 2.61. The molecule has 1 aromatic heterocycles. The highest BCUT2D eigenvalue weighted by Gasteiger charge is 2.61. The number of rotatable bonds is 4. The molecule has 4 bridgehead atoms. The number of para-hydroxylation sites is 2. The summed E-state index contributed by atoms with van der Waals surface area (Å²) in [5, 5.41) is 2.59. The van der Waals surface area contributed by atoms with Gasteiger partial charge in [-0.25, -0.2) is 0 Å². The summed E-state index contributed by atoms with van der Waals surface area (Å²) in [7, 11) is 0. The lowest BCUT2D eigenvalue weighted by Crippen LogP contribution is -2.55. The first-order valence-electron chi connectivity index (χ1n) is 23.1. The lowest BCUT2D eigenvalue weighted by Gasteiger charge is -2.61. The molecule has 0 saturated heterocycles. The second-order valence-electron chi connectivity index (χ2n) is 19.6. The van der Waals surface area contributed by atoms with Gasteiger partial charge in [-0.15, -0.1) is 0 Å². The zero-order valence-electron chi connectivity index (χ0n) is 34.3. The number of benzene rings is 7. The van der Waals surface area contributed by atoms with E-state index in [1.54, 1.807) is 16.7 Å². The summed E-state index contributed by atoms with van der Waals surface area (Å²) in [4.78, 5) is 2.60. The Morgan fingerprint density at radius 1 is 0.417 bits per heavy atom. The lowest BCUT2D eigenvalue weighted by atomic mass is 9.43. The van der Waals surface area contributed by atoms with Gasteiger partial charge in [0, 0.05) is 44.4 Å². The zero-order chi connectivity index (χ0) is 39.2. The van der Waals surface area contributed by atoms with Crippen LogP contribution >= 0.6 is 0 Å². The molecule has 60 heavy (non-hydrogen) atoms. The summed E-state index contributed by atoms with van der Waals surface area (Å²) < 4.78 is 2.47. The van der Waals surface area contributed by atoms with Gasteiger partial charge in [-0.1, -0.05) is 122 Å². The first kappa shape index (κ1) is 33.9. The zero-order valence-corrected chi connectivity index (χ0v) is 34.3. The summed E-state index contributed by atoms with van der Waals surface area (Å²) in [6, 6.07) is 61.2. The first-order valence-corrected chi connectivity index (χ1v) is 23.1. The average molecular weight is 775 g/mol. The van der Waals surface area contributed by atoms with Crippen LogP contribution in [0.2, 0.25) is 0 Å². The third kappa shape index (κ3) is 4.40. The van der Waals surface area contributed by atoms with Gasteiger partial charge in [0.1, 0.15) is 0 Å². The molecule has 2 spiro atoms. The number of anilines is 3. The Bertz CT molecular complexity index is 2980. The van der Waals surface area contributed by atoms with Crippen LogP contribution in [-0.4, -0.2) is 4.57 Å². The van der Waals surface area contributed by atoms with Crippen LogP contribution in [0.3, 0.4) is 0 Å². The van der Waals surface area contributed by atoms with Crippen molar-refractivity contribution < 1.29 is 0 Å². The smallest absolute Gasteiger partial charge is 0.0541 e. The summed E-state index contributed by atoms with van der Waals surface area (Å²) in [5.41, 5.74) is 19.7. The van der Waals surface area contributed by atoms with Crippen LogP contribution in [0.15, 0.2) is 158 Å². The van der Waals surface area contributed by atoms with Gasteiger partial charge in [-0.2, -0.15) is 0 Å². The molecule has 2 nitrogen and oxygen atoms in total. The van der Waals surface area contributed by atoms with Crippen LogP contribution in [0.1, 0.15) is 86.5 Å². The minimum absolute atomic E-state index is 0.0827. The highest BCUT2D eigenvalue weighted by Crippen LogP contribution is 2.69. The van der Waals surface area contributed by atoms with Crippen LogP contribution in [0.25, 0.3) is 49.7 Å². The first-order chi connectivity index (χ1) is 29.7. The van der Waals surface area contributed by atoms with E-state index in [1.807, 2.05) is 0 Å². The highest BCUT2D eigenvalue weighted by molar-refractivity contribution is 6.09. The Hall–Kier alpha value is -5.86. The molecule has 0 amide bonds. The van der Waals surface area contributed by atoms with Crippen LogP contribution in [0.5, 0.6) is 0 Å². The maximum Gasteiger partial charge on any atom is 0.0541 e. The largest absolute Gasteiger partial charge is 0.310 e. The predicted octanol–water partition coefficient (Wildman–Crippen LogP) is 15.2.